The van der Waals surface area contributed by atoms with E-state index in [0.29, 0.717) is 0 Å². The van der Waals surface area contributed by atoms with Crippen LogP contribution < -0.4 is 5.73 Å². The van der Waals surface area contributed by atoms with E-state index in [1.54, 1.807) is 0 Å². The number of hydrogen-bond donors (Lipinski definition) is 6. The third-order valence-corrected chi connectivity index (χ3v) is 2.56. The summed E-state index contributed by atoms with van der Waals surface area (Å²) in [6.07, 6.45) is -5.18. The van der Waals surface area contributed by atoms with Gasteiger partial charge in [0.15, 0.2) is 5.79 Å². The summed E-state index contributed by atoms with van der Waals surface area (Å²) in [5, 5.41) is 46.1. The molecule has 8 heteroatoms. The Bertz CT molecular complexity index is 271. The van der Waals surface area contributed by atoms with Crippen LogP contribution in [0.1, 0.15) is 6.42 Å². The number of aliphatic hydroxyl groups is 4. The highest BCUT2D eigenvalue weighted by atomic mass is 16.6. The third-order valence-electron chi connectivity index (χ3n) is 2.56. The van der Waals surface area contributed by atoms with Crippen molar-refractivity contribution in [2.75, 3.05) is 6.61 Å². The lowest BCUT2D eigenvalue weighted by Gasteiger charge is -2.45. The fraction of sp³-hybridized carbons (Fsp3) is 0.875. The maximum atomic E-state index is 10.5. The molecule has 7 N–H and O–H groups in total. The van der Waals surface area contributed by atoms with Crippen molar-refractivity contribution >= 4 is 5.97 Å². The SMILES string of the molecule is N[C@@H]1[C@@H](O)[C@H](O)[C@@H](CO)OC1(O)CC(=O)O. The Kier molecular flexibility index (Phi) is 3.84. The monoisotopic (exact) mass is 237 g/mol. The Hall–Kier alpha value is -0.770. The molecule has 0 spiro atoms. The predicted molar refractivity (Wildman–Crippen MR) is 49.2 cm³/mol. The summed E-state index contributed by atoms with van der Waals surface area (Å²) < 4.78 is 4.82. The predicted octanol–water partition coefficient (Wildman–Crippen LogP) is -3.41. The topological polar surface area (TPSA) is 153 Å². The van der Waals surface area contributed by atoms with Crippen molar-refractivity contribution in [3.05, 3.63) is 0 Å². The van der Waals surface area contributed by atoms with Crippen molar-refractivity contribution in [3.63, 3.8) is 0 Å². The van der Waals surface area contributed by atoms with E-state index in [9.17, 15) is 20.1 Å². The van der Waals surface area contributed by atoms with Gasteiger partial charge >= 0.3 is 5.97 Å². The van der Waals surface area contributed by atoms with E-state index in [1.807, 2.05) is 0 Å². The normalized spacial score (nSPS) is 44.3. The summed E-state index contributed by atoms with van der Waals surface area (Å²) in [5.74, 6) is -3.68. The lowest BCUT2D eigenvalue weighted by Crippen LogP contribution is -2.68. The number of hydrogen-bond acceptors (Lipinski definition) is 7. The Balaban J connectivity index is 2.89. The van der Waals surface area contributed by atoms with Crippen molar-refractivity contribution in [2.24, 2.45) is 5.73 Å². The van der Waals surface area contributed by atoms with Crippen LogP contribution in [0, 0.1) is 0 Å². The lowest BCUT2D eigenvalue weighted by molar-refractivity contribution is -0.314. The number of carbonyl (C=O) groups is 1. The molecule has 1 aliphatic rings. The molecule has 16 heavy (non-hydrogen) atoms. The molecular weight excluding hydrogens is 222 g/mol. The first-order valence-electron chi connectivity index (χ1n) is 4.66. The molecule has 94 valence electrons. The molecule has 0 amide bonds. The van der Waals surface area contributed by atoms with Gasteiger partial charge in [-0.1, -0.05) is 0 Å². The Morgan fingerprint density at radius 3 is 2.38 bits per heavy atom. The quantitative estimate of drug-likeness (QED) is 0.297. The van der Waals surface area contributed by atoms with E-state index < -0.39 is 49.1 Å². The zero-order valence-electron chi connectivity index (χ0n) is 8.35. The molecule has 0 aliphatic carbocycles. The van der Waals surface area contributed by atoms with Crippen molar-refractivity contribution < 1.29 is 35.1 Å². The molecule has 1 rings (SSSR count). The summed E-state index contributed by atoms with van der Waals surface area (Å²) in [6.45, 7) is -0.674. The van der Waals surface area contributed by atoms with Crippen LogP contribution in [-0.4, -0.2) is 68.2 Å². The zero-order chi connectivity index (χ0) is 12.5. The maximum absolute atomic E-state index is 10.5. The summed E-state index contributed by atoms with van der Waals surface area (Å²) in [5.41, 5.74) is 5.38. The summed E-state index contributed by atoms with van der Waals surface area (Å²) in [7, 11) is 0. The highest BCUT2D eigenvalue weighted by Crippen LogP contribution is 2.29. The molecular formula is C8H15NO7. The number of ether oxygens (including phenoxy) is 1. The van der Waals surface area contributed by atoms with Crippen molar-refractivity contribution in [2.45, 2.75) is 36.6 Å². The largest absolute Gasteiger partial charge is 0.481 e. The van der Waals surface area contributed by atoms with E-state index in [2.05, 4.69) is 0 Å². The smallest absolute Gasteiger partial charge is 0.308 e. The lowest BCUT2D eigenvalue weighted by atomic mass is 9.89. The average molecular weight is 237 g/mol. The minimum Gasteiger partial charge on any atom is -0.481 e. The van der Waals surface area contributed by atoms with Crippen LogP contribution in [0.5, 0.6) is 0 Å². The molecule has 1 heterocycles. The molecule has 0 saturated carbocycles. The summed E-state index contributed by atoms with van der Waals surface area (Å²) >= 11 is 0. The van der Waals surface area contributed by atoms with E-state index in [0.717, 1.165) is 0 Å². The first kappa shape index (κ1) is 13.3. The fourth-order valence-electron chi connectivity index (χ4n) is 1.63. The molecule has 8 nitrogen and oxygen atoms in total. The van der Waals surface area contributed by atoms with Crippen LogP contribution in [0.2, 0.25) is 0 Å². The second-order valence-electron chi connectivity index (χ2n) is 3.76. The molecule has 1 fully saturated rings. The van der Waals surface area contributed by atoms with E-state index in [-0.39, 0.29) is 0 Å². The number of rotatable bonds is 3. The number of aliphatic hydroxyl groups excluding tert-OH is 3. The van der Waals surface area contributed by atoms with Gasteiger partial charge in [0.1, 0.15) is 24.7 Å². The second-order valence-corrected chi connectivity index (χ2v) is 3.76. The molecule has 1 unspecified atom stereocenters. The van der Waals surface area contributed by atoms with Crippen molar-refractivity contribution in [1.82, 2.24) is 0 Å². The fourth-order valence-corrected chi connectivity index (χ4v) is 1.63. The first-order chi connectivity index (χ1) is 7.31. The second kappa shape index (κ2) is 4.62. The van der Waals surface area contributed by atoms with Crippen molar-refractivity contribution in [3.8, 4) is 0 Å². The van der Waals surface area contributed by atoms with Gasteiger partial charge in [0.05, 0.1) is 12.6 Å². The molecule has 0 aromatic carbocycles. The van der Waals surface area contributed by atoms with E-state index in [1.165, 1.54) is 0 Å². The third kappa shape index (κ3) is 2.32. The average Bonchev–Trinajstić information content (AvgIpc) is 2.20. The Morgan fingerprint density at radius 2 is 1.94 bits per heavy atom. The van der Waals surface area contributed by atoms with Gasteiger partial charge < -0.3 is 36.0 Å². The standard InChI is InChI=1S/C8H15NO7/c9-7-6(14)5(13)3(2-10)16-8(7,15)1-4(11)12/h3,5-7,10,13-15H,1-2,9H2,(H,11,12)/t3-,5-,6+,7-,8?/m1/s1. The van der Waals surface area contributed by atoms with Gasteiger partial charge in [0.2, 0.25) is 0 Å². The van der Waals surface area contributed by atoms with Crippen LogP contribution >= 0.6 is 0 Å². The van der Waals surface area contributed by atoms with Crippen molar-refractivity contribution in [1.29, 1.82) is 0 Å². The van der Waals surface area contributed by atoms with Gasteiger partial charge in [-0.2, -0.15) is 0 Å². The molecule has 0 bridgehead atoms. The maximum Gasteiger partial charge on any atom is 0.308 e. The highest BCUT2D eigenvalue weighted by Gasteiger charge is 2.52. The number of nitrogens with two attached hydrogens (primary N) is 1. The first-order valence-corrected chi connectivity index (χ1v) is 4.66. The van der Waals surface area contributed by atoms with Crippen LogP contribution in [0.25, 0.3) is 0 Å². The minimum atomic E-state index is -2.31. The number of aliphatic carboxylic acids is 1. The Morgan fingerprint density at radius 1 is 1.38 bits per heavy atom. The van der Waals surface area contributed by atoms with Gasteiger partial charge in [-0.05, 0) is 0 Å². The Labute approximate surface area is 90.9 Å². The minimum absolute atomic E-state index is 0.674. The summed E-state index contributed by atoms with van der Waals surface area (Å²) in [6, 6.07) is -1.47. The molecule has 0 radical (unpaired) electrons. The van der Waals surface area contributed by atoms with Crippen LogP contribution in [0.15, 0.2) is 0 Å². The molecule has 0 aromatic heterocycles. The van der Waals surface area contributed by atoms with Gasteiger partial charge in [-0.3, -0.25) is 4.79 Å². The molecule has 5 atom stereocenters. The zero-order valence-corrected chi connectivity index (χ0v) is 8.35. The van der Waals surface area contributed by atoms with E-state index >= 15 is 0 Å². The van der Waals surface area contributed by atoms with Gasteiger partial charge in [0, 0.05) is 0 Å². The summed E-state index contributed by atoms with van der Waals surface area (Å²) in [4.78, 5) is 10.5. The van der Waals surface area contributed by atoms with Gasteiger partial charge in [-0.25, -0.2) is 0 Å². The van der Waals surface area contributed by atoms with Crippen LogP contribution in [-0.2, 0) is 9.53 Å². The molecule has 1 aliphatic heterocycles. The molecule has 0 aromatic rings. The molecule has 1 saturated heterocycles. The highest BCUT2D eigenvalue weighted by molar-refractivity contribution is 5.68. The van der Waals surface area contributed by atoms with Crippen LogP contribution in [0.4, 0.5) is 0 Å². The van der Waals surface area contributed by atoms with Gasteiger partial charge in [-0.15, -0.1) is 0 Å². The van der Waals surface area contributed by atoms with E-state index in [4.69, 9.17) is 20.7 Å². The van der Waals surface area contributed by atoms with Crippen LogP contribution in [0.3, 0.4) is 0 Å². The van der Waals surface area contributed by atoms with Gasteiger partial charge in [0.25, 0.3) is 0 Å². The number of carboxylic acids is 1. The number of carboxylic acid groups (broad SMARTS) is 1.